The van der Waals surface area contributed by atoms with Crippen molar-refractivity contribution in [3.63, 3.8) is 0 Å². The number of hydrogen-bond acceptors (Lipinski definition) is 5. The molecular weight excluding hydrogens is 380 g/mol. The van der Waals surface area contributed by atoms with Crippen LogP contribution in [0.25, 0.3) is 0 Å². The maximum absolute atomic E-state index is 11.9. The van der Waals surface area contributed by atoms with Gasteiger partial charge >= 0.3 is 5.97 Å². The quantitative estimate of drug-likeness (QED) is 0.611. The summed E-state index contributed by atoms with van der Waals surface area (Å²) in [5.74, 6) is 1.42. The van der Waals surface area contributed by atoms with E-state index >= 15 is 0 Å². The van der Waals surface area contributed by atoms with Gasteiger partial charge in [0.2, 0.25) is 0 Å². The number of aliphatic carboxylic acids is 1. The molecule has 0 amide bonds. The van der Waals surface area contributed by atoms with Crippen molar-refractivity contribution in [2.45, 2.75) is 56.5 Å². The van der Waals surface area contributed by atoms with Gasteiger partial charge in [0.25, 0.3) is 0 Å². The Hall–Kier alpha value is -1.63. The van der Waals surface area contributed by atoms with Crippen molar-refractivity contribution < 1.29 is 19.4 Å². The highest BCUT2D eigenvalue weighted by Crippen LogP contribution is 2.44. The van der Waals surface area contributed by atoms with Gasteiger partial charge in [-0.25, -0.2) is 0 Å². The summed E-state index contributed by atoms with van der Waals surface area (Å²) >= 11 is 0. The van der Waals surface area contributed by atoms with Crippen molar-refractivity contribution in [3.05, 3.63) is 29.8 Å². The number of benzene rings is 1. The molecule has 3 aliphatic rings. The number of ether oxygens (including phenoxy) is 2. The minimum absolute atomic E-state index is 0.382. The number of likely N-dealkylation sites (tertiary alicyclic amines) is 1. The number of carbonyl (C=O) groups is 1. The summed E-state index contributed by atoms with van der Waals surface area (Å²) in [6, 6.07) is 9.30. The number of methoxy groups -OCH3 is 2. The number of nitrogens with one attached hydrogen (secondary N) is 1. The Morgan fingerprint density at radius 1 is 1.23 bits per heavy atom. The van der Waals surface area contributed by atoms with E-state index in [0.29, 0.717) is 30.5 Å². The van der Waals surface area contributed by atoms with E-state index in [-0.39, 0.29) is 0 Å². The largest absolute Gasteiger partial charge is 0.497 e. The van der Waals surface area contributed by atoms with Crippen molar-refractivity contribution >= 4 is 5.97 Å². The Morgan fingerprint density at radius 3 is 2.60 bits per heavy atom. The van der Waals surface area contributed by atoms with E-state index in [9.17, 15) is 9.90 Å². The topological polar surface area (TPSA) is 71.0 Å². The molecule has 1 aromatic carbocycles. The highest BCUT2D eigenvalue weighted by Gasteiger charge is 2.47. The van der Waals surface area contributed by atoms with Crippen LogP contribution in [0.5, 0.6) is 5.75 Å². The minimum atomic E-state index is -0.610. The second-order valence-corrected chi connectivity index (χ2v) is 9.54. The fourth-order valence-electron chi connectivity index (χ4n) is 5.35. The van der Waals surface area contributed by atoms with E-state index < -0.39 is 11.4 Å². The minimum Gasteiger partial charge on any atom is -0.497 e. The van der Waals surface area contributed by atoms with E-state index in [1.165, 1.54) is 12.0 Å². The zero-order chi connectivity index (χ0) is 21.1. The Bertz CT molecular complexity index is 718. The lowest BCUT2D eigenvalue weighted by Gasteiger charge is -2.47. The van der Waals surface area contributed by atoms with Gasteiger partial charge in [-0.15, -0.1) is 0 Å². The van der Waals surface area contributed by atoms with Gasteiger partial charge in [0, 0.05) is 44.8 Å². The molecule has 4 atom stereocenters. The van der Waals surface area contributed by atoms with Gasteiger partial charge in [-0.2, -0.15) is 0 Å². The Morgan fingerprint density at radius 2 is 2.00 bits per heavy atom. The summed E-state index contributed by atoms with van der Waals surface area (Å²) in [4.78, 5) is 14.4. The first-order valence-electron chi connectivity index (χ1n) is 11.4. The van der Waals surface area contributed by atoms with E-state index in [0.717, 1.165) is 57.6 Å². The van der Waals surface area contributed by atoms with Crippen molar-refractivity contribution in [2.24, 2.45) is 11.3 Å². The third-order valence-corrected chi connectivity index (χ3v) is 7.57. The van der Waals surface area contributed by atoms with Gasteiger partial charge in [0.05, 0.1) is 12.5 Å². The van der Waals surface area contributed by atoms with Gasteiger partial charge < -0.3 is 19.9 Å². The number of carboxylic acids is 1. The molecular formula is C24H36N2O4. The van der Waals surface area contributed by atoms with E-state index in [1.54, 1.807) is 14.2 Å². The van der Waals surface area contributed by atoms with Crippen LogP contribution in [0.2, 0.25) is 0 Å². The normalized spacial score (nSPS) is 30.5. The zero-order valence-electron chi connectivity index (χ0n) is 18.3. The molecule has 1 saturated heterocycles. The van der Waals surface area contributed by atoms with Crippen LogP contribution < -0.4 is 10.1 Å². The van der Waals surface area contributed by atoms with Crippen LogP contribution in [0, 0.1) is 11.3 Å². The molecule has 6 heteroatoms. The predicted octanol–water partition coefficient (Wildman–Crippen LogP) is 3.12. The van der Waals surface area contributed by atoms with Crippen LogP contribution in [-0.2, 0) is 9.53 Å². The van der Waals surface area contributed by atoms with Gasteiger partial charge in [0.15, 0.2) is 0 Å². The average molecular weight is 417 g/mol. The average Bonchev–Trinajstić information content (AvgIpc) is 3.50. The Kier molecular flexibility index (Phi) is 6.66. The molecule has 30 heavy (non-hydrogen) atoms. The molecule has 0 bridgehead atoms. The molecule has 166 valence electrons. The smallest absolute Gasteiger partial charge is 0.310 e. The Balaban J connectivity index is 1.34. The first-order valence-corrected chi connectivity index (χ1v) is 11.4. The molecule has 1 heterocycles. The number of carboxylic acid groups (broad SMARTS) is 1. The summed E-state index contributed by atoms with van der Waals surface area (Å²) in [6.45, 7) is 3.39. The predicted molar refractivity (Wildman–Crippen MR) is 116 cm³/mol. The molecule has 0 aromatic heterocycles. The third-order valence-electron chi connectivity index (χ3n) is 7.57. The van der Waals surface area contributed by atoms with Crippen molar-refractivity contribution in [1.29, 1.82) is 0 Å². The molecule has 6 nitrogen and oxygen atoms in total. The Labute approximate surface area is 179 Å². The summed E-state index contributed by atoms with van der Waals surface area (Å²) in [5.41, 5.74) is 0.850. The van der Waals surface area contributed by atoms with Gasteiger partial charge in [0.1, 0.15) is 5.75 Å². The molecule has 2 saturated carbocycles. The summed E-state index contributed by atoms with van der Waals surface area (Å²) in [5, 5.41) is 13.6. The molecule has 0 spiro atoms. The fraction of sp³-hybridized carbons (Fsp3) is 0.708. The number of piperidine rings is 1. The maximum Gasteiger partial charge on any atom is 0.310 e. The molecule has 4 unspecified atom stereocenters. The van der Waals surface area contributed by atoms with Crippen molar-refractivity contribution in [1.82, 2.24) is 10.2 Å². The monoisotopic (exact) mass is 416 g/mol. The highest BCUT2D eigenvalue weighted by atomic mass is 16.5. The molecule has 1 aromatic rings. The van der Waals surface area contributed by atoms with Crippen LogP contribution in [0.3, 0.4) is 0 Å². The molecule has 0 radical (unpaired) electrons. The molecule has 1 aliphatic heterocycles. The zero-order valence-corrected chi connectivity index (χ0v) is 18.3. The number of nitrogens with zero attached hydrogens (tertiary/aromatic N) is 1. The molecule has 3 fully saturated rings. The second kappa shape index (κ2) is 9.25. The molecule has 4 rings (SSSR count). The summed E-state index contributed by atoms with van der Waals surface area (Å²) in [7, 11) is 3.47. The van der Waals surface area contributed by atoms with Crippen LogP contribution in [-0.4, -0.2) is 68.5 Å². The number of rotatable bonds is 10. The van der Waals surface area contributed by atoms with E-state index in [4.69, 9.17) is 9.47 Å². The first-order chi connectivity index (χ1) is 14.5. The van der Waals surface area contributed by atoms with Crippen LogP contribution in [0.15, 0.2) is 24.3 Å². The van der Waals surface area contributed by atoms with E-state index in [2.05, 4.69) is 22.3 Å². The molecule has 2 aliphatic carbocycles. The van der Waals surface area contributed by atoms with Crippen LogP contribution in [0.1, 0.15) is 50.0 Å². The van der Waals surface area contributed by atoms with Crippen molar-refractivity contribution in [2.75, 3.05) is 40.5 Å². The second-order valence-electron chi connectivity index (χ2n) is 9.54. The highest BCUT2D eigenvalue weighted by molar-refractivity contribution is 5.76. The van der Waals surface area contributed by atoms with E-state index in [1.807, 2.05) is 12.1 Å². The van der Waals surface area contributed by atoms with Crippen LogP contribution >= 0.6 is 0 Å². The number of hydrogen-bond donors (Lipinski definition) is 2. The van der Waals surface area contributed by atoms with Crippen molar-refractivity contribution in [3.8, 4) is 5.75 Å². The van der Waals surface area contributed by atoms with Gasteiger partial charge in [-0.05, 0) is 62.3 Å². The summed E-state index contributed by atoms with van der Waals surface area (Å²) in [6.07, 6.45) is 6.03. The first kappa shape index (κ1) is 21.6. The maximum atomic E-state index is 11.9. The fourth-order valence-corrected chi connectivity index (χ4v) is 5.35. The molecule has 2 N–H and O–H groups in total. The van der Waals surface area contributed by atoms with Gasteiger partial charge in [-0.3, -0.25) is 9.69 Å². The van der Waals surface area contributed by atoms with Crippen LogP contribution in [0.4, 0.5) is 0 Å². The summed E-state index contributed by atoms with van der Waals surface area (Å²) < 4.78 is 10.7. The lowest BCUT2D eigenvalue weighted by atomic mass is 9.68. The SMILES string of the molecule is COCC1CCN(CC2(C(=O)O)CCC2)C(CNC2CC2c2ccc(OC)cc2)C1. The lowest BCUT2D eigenvalue weighted by molar-refractivity contribution is -0.157. The third kappa shape index (κ3) is 4.66. The standard InChI is InChI=1S/C24H36N2O4/c1-29-15-17-8-11-26(16-24(23(27)28)9-3-10-24)19(12-17)14-25-22-13-21(22)18-4-6-20(30-2)7-5-18/h4-7,17,19,21-22,25H,3,8-16H2,1-2H3,(H,27,28). The lowest BCUT2D eigenvalue weighted by Crippen LogP contribution is -2.55. The van der Waals surface area contributed by atoms with Gasteiger partial charge in [-0.1, -0.05) is 18.6 Å².